The Morgan fingerprint density at radius 3 is 2.81 bits per heavy atom. The second-order valence-corrected chi connectivity index (χ2v) is 6.52. The van der Waals surface area contributed by atoms with Crippen LogP contribution in [0.5, 0.6) is 0 Å². The SMILES string of the molecule is CCO[C@@H]1OC(=O)C[C@@H]1NC(=O)C1CCCN1C(=O)OCc1ccccc1. The van der Waals surface area contributed by atoms with E-state index >= 15 is 0 Å². The first kappa shape index (κ1) is 19.2. The first-order valence-electron chi connectivity index (χ1n) is 9.17. The molecule has 1 aromatic rings. The van der Waals surface area contributed by atoms with Gasteiger partial charge in [-0.1, -0.05) is 30.3 Å². The van der Waals surface area contributed by atoms with Gasteiger partial charge in [0.25, 0.3) is 0 Å². The largest absolute Gasteiger partial charge is 0.445 e. The van der Waals surface area contributed by atoms with Gasteiger partial charge in [-0.15, -0.1) is 0 Å². The molecule has 0 radical (unpaired) electrons. The van der Waals surface area contributed by atoms with Crippen LogP contribution in [-0.2, 0) is 30.4 Å². The van der Waals surface area contributed by atoms with Crippen LogP contribution in [0.1, 0.15) is 31.7 Å². The molecule has 2 aliphatic rings. The van der Waals surface area contributed by atoms with E-state index in [0.29, 0.717) is 26.0 Å². The second kappa shape index (κ2) is 8.85. The van der Waals surface area contributed by atoms with Crippen molar-refractivity contribution in [2.75, 3.05) is 13.2 Å². The fourth-order valence-electron chi connectivity index (χ4n) is 3.31. The molecular weight excluding hydrogens is 352 g/mol. The number of carbonyl (C=O) groups is 3. The van der Waals surface area contributed by atoms with Crippen LogP contribution >= 0.6 is 0 Å². The van der Waals surface area contributed by atoms with Crippen molar-refractivity contribution >= 4 is 18.0 Å². The summed E-state index contributed by atoms with van der Waals surface area (Å²) in [4.78, 5) is 38.0. The Labute approximate surface area is 157 Å². The Morgan fingerprint density at radius 2 is 2.07 bits per heavy atom. The Kier molecular flexibility index (Phi) is 6.28. The second-order valence-electron chi connectivity index (χ2n) is 6.52. The maximum absolute atomic E-state index is 12.7. The van der Waals surface area contributed by atoms with Gasteiger partial charge in [-0.25, -0.2) is 4.79 Å². The molecule has 146 valence electrons. The Morgan fingerprint density at radius 1 is 1.30 bits per heavy atom. The van der Waals surface area contributed by atoms with E-state index < -0.39 is 30.4 Å². The standard InChI is InChI=1S/C19H24N2O6/c1-2-25-18-14(11-16(22)27-18)20-17(23)15-9-6-10-21(15)19(24)26-12-13-7-4-3-5-8-13/h3-5,7-8,14-15,18H,2,6,9-12H2,1H3,(H,20,23)/t14-,15?,18+/m0/s1. The minimum atomic E-state index is -0.786. The predicted octanol–water partition coefficient (Wildman–Crippen LogP) is 1.58. The van der Waals surface area contributed by atoms with Gasteiger partial charge in [0.15, 0.2) is 0 Å². The first-order valence-corrected chi connectivity index (χ1v) is 9.17. The fraction of sp³-hybridized carbons (Fsp3) is 0.526. The minimum absolute atomic E-state index is 0.0571. The molecule has 2 saturated heterocycles. The molecule has 27 heavy (non-hydrogen) atoms. The summed E-state index contributed by atoms with van der Waals surface area (Å²) in [7, 11) is 0. The van der Waals surface area contributed by atoms with E-state index in [-0.39, 0.29) is 18.9 Å². The van der Waals surface area contributed by atoms with Crippen LogP contribution in [0.3, 0.4) is 0 Å². The molecule has 3 atom stereocenters. The molecule has 8 nitrogen and oxygen atoms in total. The quantitative estimate of drug-likeness (QED) is 0.758. The third kappa shape index (κ3) is 4.77. The number of esters is 1. The molecule has 2 aliphatic heterocycles. The third-order valence-corrected chi connectivity index (χ3v) is 4.62. The number of ether oxygens (including phenoxy) is 3. The topological polar surface area (TPSA) is 94.2 Å². The zero-order chi connectivity index (χ0) is 19.2. The highest BCUT2D eigenvalue weighted by Gasteiger charge is 2.41. The Bertz CT molecular complexity index is 680. The highest BCUT2D eigenvalue weighted by molar-refractivity contribution is 5.87. The summed E-state index contributed by atoms with van der Waals surface area (Å²) in [5.74, 6) is -0.735. The highest BCUT2D eigenvalue weighted by atomic mass is 16.7. The highest BCUT2D eigenvalue weighted by Crippen LogP contribution is 2.21. The van der Waals surface area contributed by atoms with E-state index in [4.69, 9.17) is 14.2 Å². The maximum atomic E-state index is 12.7. The van der Waals surface area contributed by atoms with Gasteiger partial charge in [0.2, 0.25) is 12.2 Å². The molecule has 1 aromatic carbocycles. The van der Waals surface area contributed by atoms with E-state index in [0.717, 1.165) is 5.56 Å². The monoisotopic (exact) mass is 376 g/mol. The van der Waals surface area contributed by atoms with Gasteiger partial charge in [-0.3, -0.25) is 14.5 Å². The van der Waals surface area contributed by atoms with Crippen molar-refractivity contribution < 1.29 is 28.6 Å². The summed E-state index contributed by atoms with van der Waals surface area (Å²) in [5, 5.41) is 2.79. The number of benzene rings is 1. The number of nitrogens with one attached hydrogen (secondary N) is 1. The zero-order valence-electron chi connectivity index (χ0n) is 15.3. The molecule has 3 rings (SSSR count). The predicted molar refractivity (Wildman–Crippen MR) is 94.4 cm³/mol. The van der Waals surface area contributed by atoms with Crippen molar-refractivity contribution in [3.63, 3.8) is 0 Å². The first-order chi connectivity index (χ1) is 13.1. The van der Waals surface area contributed by atoms with E-state index in [9.17, 15) is 14.4 Å². The summed E-state index contributed by atoms with van der Waals surface area (Å²) in [5.41, 5.74) is 0.882. The van der Waals surface area contributed by atoms with Crippen molar-refractivity contribution in [1.29, 1.82) is 0 Å². The van der Waals surface area contributed by atoms with Crippen LogP contribution in [-0.4, -0.2) is 54.4 Å². The summed E-state index contributed by atoms with van der Waals surface area (Å²) >= 11 is 0. The Balaban J connectivity index is 1.55. The smallest absolute Gasteiger partial charge is 0.410 e. The van der Waals surface area contributed by atoms with Gasteiger partial charge in [0.05, 0.1) is 6.42 Å². The average molecular weight is 376 g/mol. The number of cyclic esters (lactones) is 1. The van der Waals surface area contributed by atoms with Crippen LogP contribution in [0.25, 0.3) is 0 Å². The molecule has 1 unspecified atom stereocenters. The number of hydrogen-bond donors (Lipinski definition) is 1. The number of amides is 2. The van der Waals surface area contributed by atoms with E-state index in [1.54, 1.807) is 6.92 Å². The van der Waals surface area contributed by atoms with Crippen molar-refractivity contribution in [2.24, 2.45) is 0 Å². The lowest BCUT2D eigenvalue weighted by Gasteiger charge is -2.25. The summed E-state index contributed by atoms with van der Waals surface area (Å²) < 4.78 is 15.7. The zero-order valence-corrected chi connectivity index (χ0v) is 15.3. The van der Waals surface area contributed by atoms with Crippen LogP contribution in [0.2, 0.25) is 0 Å². The van der Waals surface area contributed by atoms with Gasteiger partial charge in [0, 0.05) is 13.2 Å². The lowest BCUT2D eigenvalue weighted by atomic mass is 10.1. The number of carbonyl (C=O) groups excluding carboxylic acids is 3. The summed E-state index contributed by atoms with van der Waals surface area (Å²) in [6.45, 7) is 2.76. The molecule has 2 heterocycles. The van der Waals surface area contributed by atoms with Crippen LogP contribution in [0, 0.1) is 0 Å². The summed E-state index contributed by atoms with van der Waals surface area (Å²) in [6.07, 6.45) is 0.0188. The molecule has 0 bridgehead atoms. The van der Waals surface area contributed by atoms with Crippen molar-refractivity contribution in [3.8, 4) is 0 Å². The van der Waals surface area contributed by atoms with Gasteiger partial charge in [-0.05, 0) is 25.3 Å². The van der Waals surface area contributed by atoms with Gasteiger partial charge in [-0.2, -0.15) is 0 Å². The molecule has 2 amide bonds. The fourth-order valence-corrected chi connectivity index (χ4v) is 3.31. The van der Waals surface area contributed by atoms with E-state index in [1.807, 2.05) is 30.3 Å². The van der Waals surface area contributed by atoms with Crippen molar-refractivity contribution in [2.45, 2.75) is 51.2 Å². The van der Waals surface area contributed by atoms with Gasteiger partial charge < -0.3 is 19.5 Å². The van der Waals surface area contributed by atoms with Crippen LogP contribution in [0.15, 0.2) is 30.3 Å². The normalized spacial score (nSPS) is 24.6. The number of hydrogen-bond acceptors (Lipinski definition) is 6. The molecule has 2 fully saturated rings. The average Bonchev–Trinajstić information content (AvgIpc) is 3.28. The van der Waals surface area contributed by atoms with Crippen LogP contribution < -0.4 is 5.32 Å². The number of likely N-dealkylation sites (tertiary alicyclic amines) is 1. The lowest BCUT2D eigenvalue weighted by Crippen LogP contribution is -2.51. The molecule has 0 spiro atoms. The van der Waals surface area contributed by atoms with Gasteiger partial charge >= 0.3 is 12.1 Å². The molecular formula is C19H24N2O6. The number of rotatable bonds is 6. The molecule has 0 aromatic heterocycles. The number of nitrogens with zero attached hydrogens (tertiary/aromatic N) is 1. The van der Waals surface area contributed by atoms with E-state index in [2.05, 4.69) is 5.32 Å². The van der Waals surface area contributed by atoms with Crippen molar-refractivity contribution in [3.05, 3.63) is 35.9 Å². The molecule has 8 heteroatoms. The lowest BCUT2D eigenvalue weighted by molar-refractivity contribution is -0.164. The third-order valence-electron chi connectivity index (χ3n) is 4.62. The molecule has 0 saturated carbocycles. The minimum Gasteiger partial charge on any atom is -0.445 e. The maximum Gasteiger partial charge on any atom is 0.410 e. The van der Waals surface area contributed by atoms with E-state index in [1.165, 1.54) is 4.90 Å². The Hall–Kier alpha value is -2.61. The van der Waals surface area contributed by atoms with Gasteiger partial charge in [0.1, 0.15) is 18.7 Å². The molecule has 0 aliphatic carbocycles. The summed E-state index contributed by atoms with van der Waals surface area (Å²) in [6, 6.07) is 8.20. The van der Waals surface area contributed by atoms with Crippen LogP contribution in [0.4, 0.5) is 4.79 Å². The molecule has 1 N–H and O–H groups in total. The van der Waals surface area contributed by atoms with Crippen molar-refractivity contribution in [1.82, 2.24) is 10.2 Å².